The largest absolute Gasteiger partial charge is 0.497 e. The van der Waals surface area contributed by atoms with E-state index in [-0.39, 0.29) is 28.0 Å². The Balaban J connectivity index is 1.81. The third-order valence-electron chi connectivity index (χ3n) is 6.67. The summed E-state index contributed by atoms with van der Waals surface area (Å²) in [6.07, 6.45) is -6.07. The van der Waals surface area contributed by atoms with Gasteiger partial charge in [-0.1, -0.05) is 12.1 Å². The first-order valence-corrected chi connectivity index (χ1v) is 14.2. The predicted octanol–water partition coefficient (Wildman–Crippen LogP) is 2.86. The van der Waals surface area contributed by atoms with E-state index >= 15 is 0 Å². The van der Waals surface area contributed by atoms with E-state index in [1.54, 1.807) is 24.3 Å². The summed E-state index contributed by atoms with van der Waals surface area (Å²) in [4.78, 5) is 73.7. The number of rotatable bonds is 10. The van der Waals surface area contributed by atoms with Crippen LogP contribution in [0.5, 0.6) is 17.2 Å². The number of carbonyl (C=O) groups excluding carboxylic acids is 5. The lowest BCUT2D eigenvalue weighted by molar-refractivity contribution is -0.288. The molecule has 0 amide bonds. The summed E-state index contributed by atoms with van der Waals surface area (Å²) < 4.78 is 49.6. The number of hydrogen-bond donors (Lipinski definition) is 0. The molecular weight excluding hydrogens is 624 g/mol. The minimum absolute atomic E-state index is 0.0494. The van der Waals surface area contributed by atoms with E-state index in [1.165, 1.54) is 25.5 Å². The van der Waals surface area contributed by atoms with Gasteiger partial charge in [0.2, 0.25) is 17.8 Å². The maximum atomic E-state index is 13.7. The van der Waals surface area contributed by atoms with Crippen molar-refractivity contribution in [2.45, 2.75) is 65.3 Å². The van der Waals surface area contributed by atoms with Crippen LogP contribution in [0.25, 0.3) is 22.1 Å². The lowest BCUT2D eigenvalue weighted by Gasteiger charge is -2.43. The van der Waals surface area contributed by atoms with Gasteiger partial charge in [-0.25, -0.2) is 0 Å². The standard InChI is InChI=1S/C32H32O15/c1-15(33)40-14-26-29(43-17(3)35)30(44-18(4)36)31(45-19(5)37)32(47-26)46-22-11-24-27(25(12-22)42-16(2)34)28(38)23(13-41-24)20-7-9-21(39-6)10-8-20/h7-13,26,29-32H,14H2,1-6H3/t26-,29+,30+,31+,32-/m1/s1. The number of benzene rings is 2. The van der Waals surface area contributed by atoms with Gasteiger partial charge in [0.25, 0.3) is 0 Å². The lowest BCUT2D eigenvalue weighted by atomic mass is 9.98. The molecule has 2 aromatic carbocycles. The molecule has 1 aromatic heterocycles. The molecule has 1 fully saturated rings. The van der Waals surface area contributed by atoms with E-state index in [0.717, 1.165) is 34.6 Å². The van der Waals surface area contributed by atoms with Gasteiger partial charge in [-0.05, 0) is 17.7 Å². The van der Waals surface area contributed by atoms with Crippen molar-refractivity contribution in [2.24, 2.45) is 0 Å². The van der Waals surface area contributed by atoms with Crippen molar-refractivity contribution >= 4 is 40.8 Å². The molecule has 0 N–H and O–H groups in total. The zero-order valence-corrected chi connectivity index (χ0v) is 26.3. The van der Waals surface area contributed by atoms with Crippen LogP contribution in [0.1, 0.15) is 34.6 Å². The summed E-state index contributed by atoms with van der Waals surface area (Å²) in [5.41, 5.74) is 0.105. The third kappa shape index (κ3) is 8.43. The monoisotopic (exact) mass is 656 g/mol. The van der Waals surface area contributed by atoms with Gasteiger partial charge >= 0.3 is 29.8 Å². The van der Waals surface area contributed by atoms with Gasteiger partial charge in [-0.2, -0.15) is 0 Å². The minimum atomic E-state index is -1.59. The van der Waals surface area contributed by atoms with E-state index in [0.29, 0.717) is 11.3 Å². The van der Waals surface area contributed by atoms with Crippen LogP contribution in [0.15, 0.2) is 51.9 Å². The van der Waals surface area contributed by atoms with E-state index in [1.807, 2.05) is 0 Å². The first kappa shape index (κ1) is 34.4. The highest BCUT2D eigenvalue weighted by molar-refractivity contribution is 5.90. The highest BCUT2D eigenvalue weighted by Crippen LogP contribution is 2.35. The van der Waals surface area contributed by atoms with Gasteiger partial charge in [-0.3, -0.25) is 28.8 Å². The second-order valence-electron chi connectivity index (χ2n) is 10.3. The van der Waals surface area contributed by atoms with Crippen molar-refractivity contribution in [2.75, 3.05) is 13.7 Å². The van der Waals surface area contributed by atoms with Crippen LogP contribution in [0.3, 0.4) is 0 Å². The molecule has 0 unspecified atom stereocenters. The van der Waals surface area contributed by atoms with Gasteiger partial charge in [-0.15, -0.1) is 0 Å². The molecule has 3 aromatic rings. The maximum Gasteiger partial charge on any atom is 0.308 e. The van der Waals surface area contributed by atoms with Crippen molar-refractivity contribution in [3.63, 3.8) is 0 Å². The van der Waals surface area contributed by atoms with Crippen LogP contribution < -0.4 is 19.6 Å². The van der Waals surface area contributed by atoms with Gasteiger partial charge in [0.05, 0.1) is 12.7 Å². The molecule has 0 bridgehead atoms. The van der Waals surface area contributed by atoms with Crippen molar-refractivity contribution in [3.8, 4) is 28.4 Å². The molecular formula is C32H32O15. The molecule has 2 heterocycles. The number of carbonyl (C=O) groups is 5. The van der Waals surface area contributed by atoms with Crippen molar-refractivity contribution < 1.29 is 66.3 Å². The average Bonchev–Trinajstić information content (AvgIpc) is 2.98. The number of fused-ring (bicyclic) bond motifs is 1. The van der Waals surface area contributed by atoms with Crippen molar-refractivity contribution in [1.29, 1.82) is 0 Å². The first-order chi connectivity index (χ1) is 22.3. The van der Waals surface area contributed by atoms with Crippen molar-refractivity contribution in [3.05, 3.63) is 52.9 Å². The average molecular weight is 657 g/mol. The van der Waals surface area contributed by atoms with Crippen LogP contribution in [0.4, 0.5) is 0 Å². The molecule has 47 heavy (non-hydrogen) atoms. The molecule has 5 atom stereocenters. The van der Waals surface area contributed by atoms with E-state index in [4.69, 9.17) is 42.3 Å². The third-order valence-corrected chi connectivity index (χ3v) is 6.67. The van der Waals surface area contributed by atoms with Crippen LogP contribution in [0.2, 0.25) is 0 Å². The molecule has 0 saturated carbocycles. The number of methoxy groups -OCH3 is 1. The summed E-state index contributed by atoms with van der Waals surface area (Å²) in [6.45, 7) is 5.06. The Morgan fingerprint density at radius 1 is 0.745 bits per heavy atom. The number of esters is 5. The van der Waals surface area contributed by atoms with Crippen LogP contribution in [-0.2, 0) is 47.7 Å². The van der Waals surface area contributed by atoms with E-state index in [9.17, 15) is 28.8 Å². The second-order valence-corrected chi connectivity index (χ2v) is 10.3. The van der Waals surface area contributed by atoms with Gasteiger partial charge in [0, 0.05) is 46.8 Å². The number of ether oxygens (including phenoxy) is 8. The topological polar surface area (TPSA) is 189 Å². The minimum Gasteiger partial charge on any atom is -0.497 e. The fraction of sp³-hybridized carbons (Fsp3) is 0.375. The molecule has 1 aliphatic rings. The van der Waals surface area contributed by atoms with Crippen LogP contribution in [-0.4, -0.2) is 74.3 Å². The van der Waals surface area contributed by atoms with Crippen LogP contribution in [0, 0.1) is 0 Å². The quantitative estimate of drug-likeness (QED) is 0.176. The van der Waals surface area contributed by atoms with Crippen molar-refractivity contribution in [1.82, 2.24) is 0 Å². The summed E-state index contributed by atoms with van der Waals surface area (Å²) in [5, 5.41) is -0.0811. The predicted molar refractivity (Wildman–Crippen MR) is 158 cm³/mol. The Labute approximate surface area is 267 Å². The molecule has 0 radical (unpaired) electrons. The highest BCUT2D eigenvalue weighted by atomic mass is 16.7. The molecule has 15 nitrogen and oxygen atoms in total. The summed E-state index contributed by atoms with van der Waals surface area (Å²) in [6, 6.07) is 9.16. The Bertz CT molecular complexity index is 1720. The summed E-state index contributed by atoms with van der Waals surface area (Å²) in [5.74, 6) is -3.66. The van der Waals surface area contributed by atoms with Gasteiger partial charge in [0.1, 0.15) is 47.2 Å². The molecule has 250 valence electrons. The molecule has 1 aliphatic heterocycles. The molecule has 4 rings (SSSR count). The smallest absolute Gasteiger partial charge is 0.308 e. The van der Waals surface area contributed by atoms with Gasteiger partial charge in [0.15, 0.2) is 12.2 Å². The maximum absolute atomic E-state index is 13.7. The molecule has 15 heteroatoms. The molecule has 0 aliphatic carbocycles. The normalized spacial score (nSPS) is 20.4. The summed E-state index contributed by atoms with van der Waals surface area (Å²) in [7, 11) is 1.51. The number of hydrogen-bond acceptors (Lipinski definition) is 15. The lowest BCUT2D eigenvalue weighted by Crippen LogP contribution is -2.63. The SMILES string of the molecule is COc1ccc(-c2coc3cc(O[C@@H]4O[C@H](COC(C)=O)[C@H](OC(C)=O)[C@H](OC(C)=O)[C@@H]4OC(C)=O)cc(OC(C)=O)c3c2=O)cc1. The zero-order chi connectivity index (χ0) is 34.4. The Morgan fingerprint density at radius 2 is 1.36 bits per heavy atom. The van der Waals surface area contributed by atoms with Gasteiger partial charge < -0.3 is 42.3 Å². The Hall–Kier alpha value is -5.44. The fourth-order valence-electron chi connectivity index (χ4n) is 4.88. The molecule has 1 saturated heterocycles. The highest BCUT2D eigenvalue weighted by Gasteiger charge is 2.53. The summed E-state index contributed by atoms with van der Waals surface area (Å²) >= 11 is 0. The Morgan fingerprint density at radius 3 is 1.94 bits per heavy atom. The Kier molecular flexibility index (Phi) is 10.8. The van der Waals surface area contributed by atoms with Crippen LogP contribution >= 0.6 is 0 Å². The molecule has 0 spiro atoms. The van der Waals surface area contributed by atoms with E-state index < -0.39 is 72.6 Å². The van der Waals surface area contributed by atoms with E-state index in [2.05, 4.69) is 0 Å². The first-order valence-electron chi connectivity index (χ1n) is 14.2. The fourth-order valence-corrected chi connectivity index (χ4v) is 4.88. The zero-order valence-electron chi connectivity index (χ0n) is 26.3. The second kappa shape index (κ2) is 14.8.